The molecule has 0 amide bonds. The molecular weight excluding hydrogens is 439 g/mol. The maximum Gasteiger partial charge on any atom is 0.205 e. The summed E-state index contributed by atoms with van der Waals surface area (Å²) in [6.07, 6.45) is 7.59. The third-order valence-corrected chi connectivity index (χ3v) is 6.32. The van der Waals surface area contributed by atoms with Crippen LogP contribution >= 0.6 is 11.8 Å². The number of halogens is 1. The van der Waals surface area contributed by atoms with Crippen molar-refractivity contribution in [2.24, 2.45) is 4.99 Å². The summed E-state index contributed by atoms with van der Waals surface area (Å²) in [5.41, 5.74) is 2.65. The molecule has 0 saturated carbocycles. The third kappa shape index (κ3) is 6.00. The van der Waals surface area contributed by atoms with E-state index in [0.29, 0.717) is 24.3 Å². The van der Waals surface area contributed by atoms with Crippen LogP contribution < -0.4 is 10.6 Å². The zero-order valence-corrected chi connectivity index (χ0v) is 19.4. The number of amidine groups is 1. The fourth-order valence-electron chi connectivity index (χ4n) is 3.97. The fraction of sp³-hybridized carbons (Fsp3) is 0.391. The highest BCUT2D eigenvalue weighted by atomic mass is 32.2. The van der Waals surface area contributed by atoms with Crippen molar-refractivity contribution in [3.63, 3.8) is 0 Å². The molecule has 2 aromatic heterocycles. The van der Waals surface area contributed by atoms with Crippen molar-refractivity contribution in [3.05, 3.63) is 54.0 Å². The van der Waals surface area contributed by atoms with Crippen molar-refractivity contribution in [3.8, 4) is 6.19 Å². The zero-order chi connectivity index (χ0) is 23.0. The summed E-state index contributed by atoms with van der Waals surface area (Å²) in [4.78, 5) is 16.1. The predicted octanol–water partition coefficient (Wildman–Crippen LogP) is 3.28. The van der Waals surface area contributed by atoms with Crippen LogP contribution in [0.5, 0.6) is 0 Å². The minimum absolute atomic E-state index is 0.242. The quantitative estimate of drug-likeness (QED) is 0.239. The lowest BCUT2D eigenvalue weighted by atomic mass is 10.1. The van der Waals surface area contributed by atoms with Gasteiger partial charge in [-0.3, -0.25) is 14.9 Å². The lowest BCUT2D eigenvalue weighted by molar-refractivity contribution is 0.224. The highest BCUT2D eigenvalue weighted by Crippen LogP contribution is 2.22. The fourth-order valence-corrected chi connectivity index (χ4v) is 4.34. The lowest BCUT2D eigenvalue weighted by Gasteiger charge is -2.32. The largest absolute Gasteiger partial charge is 0.353 e. The second kappa shape index (κ2) is 11.1. The molecule has 1 aromatic carbocycles. The summed E-state index contributed by atoms with van der Waals surface area (Å²) < 4.78 is 15.4. The van der Waals surface area contributed by atoms with Gasteiger partial charge in [0.1, 0.15) is 11.3 Å². The third-order valence-electron chi connectivity index (χ3n) is 5.71. The Morgan fingerprint density at radius 3 is 2.79 bits per heavy atom. The van der Waals surface area contributed by atoms with Gasteiger partial charge >= 0.3 is 0 Å². The lowest BCUT2D eigenvalue weighted by Crippen LogP contribution is -2.40. The van der Waals surface area contributed by atoms with Gasteiger partial charge in [0.05, 0.1) is 13.1 Å². The predicted molar refractivity (Wildman–Crippen MR) is 131 cm³/mol. The number of aliphatic imine (C=N–C) groups is 1. The molecule has 3 heterocycles. The number of likely N-dealkylation sites (tertiary alicyclic amines) is 1. The van der Waals surface area contributed by atoms with Gasteiger partial charge in [-0.15, -0.1) is 0 Å². The first-order chi connectivity index (χ1) is 16.2. The van der Waals surface area contributed by atoms with E-state index in [0.717, 1.165) is 55.2 Å². The number of rotatable bonds is 7. The van der Waals surface area contributed by atoms with E-state index < -0.39 is 0 Å². The number of nitrogens with one attached hydrogen (secondary N) is 2. The summed E-state index contributed by atoms with van der Waals surface area (Å²) in [6, 6.07) is 10.7. The number of benzene rings is 1. The van der Waals surface area contributed by atoms with Crippen molar-refractivity contribution in [1.82, 2.24) is 24.8 Å². The normalized spacial score (nSPS) is 15.5. The highest BCUT2D eigenvalue weighted by molar-refractivity contribution is 8.13. The maximum atomic E-state index is 13.3. The number of nitrogens with zero attached hydrogens (tertiary/aromatic N) is 6. The molecule has 4 rings (SSSR count). The van der Waals surface area contributed by atoms with Gasteiger partial charge in [0, 0.05) is 31.9 Å². The van der Waals surface area contributed by atoms with Gasteiger partial charge < -0.3 is 10.2 Å². The molecule has 0 unspecified atom stereocenters. The minimum Gasteiger partial charge on any atom is -0.353 e. The van der Waals surface area contributed by atoms with E-state index in [-0.39, 0.29) is 5.82 Å². The average molecular weight is 467 g/mol. The van der Waals surface area contributed by atoms with E-state index in [1.54, 1.807) is 18.3 Å². The molecule has 8 nitrogen and oxygen atoms in total. The van der Waals surface area contributed by atoms with Crippen molar-refractivity contribution in [2.75, 3.05) is 37.8 Å². The molecule has 0 radical (unpaired) electrons. The first kappa shape index (κ1) is 23.0. The van der Waals surface area contributed by atoms with Crippen LogP contribution in [-0.2, 0) is 6.54 Å². The van der Waals surface area contributed by atoms with E-state index >= 15 is 0 Å². The molecule has 0 spiro atoms. The number of pyridine rings is 1. The van der Waals surface area contributed by atoms with Crippen LogP contribution in [0.4, 0.5) is 10.3 Å². The zero-order valence-electron chi connectivity index (χ0n) is 18.5. The summed E-state index contributed by atoms with van der Waals surface area (Å²) in [6.45, 7) is 4.06. The molecule has 1 saturated heterocycles. The Morgan fingerprint density at radius 1 is 1.27 bits per heavy atom. The van der Waals surface area contributed by atoms with Gasteiger partial charge in [0.15, 0.2) is 17.0 Å². The van der Waals surface area contributed by atoms with Gasteiger partial charge in [-0.05, 0) is 48.9 Å². The molecule has 0 bridgehead atoms. The number of aromatic nitrogens is 3. The molecule has 0 aliphatic carbocycles. The first-order valence-corrected chi connectivity index (χ1v) is 12.2. The number of fused-ring (bicyclic) bond motifs is 1. The molecule has 3 aromatic rings. The highest BCUT2D eigenvalue weighted by Gasteiger charge is 2.21. The maximum absolute atomic E-state index is 13.3. The summed E-state index contributed by atoms with van der Waals surface area (Å²) in [5, 5.41) is 15.6. The van der Waals surface area contributed by atoms with Crippen LogP contribution in [0, 0.1) is 17.3 Å². The van der Waals surface area contributed by atoms with Crippen molar-refractivity contribution in [1.29, 1.82) is 5.26 Å². The van der Waals surface area contributed by atoms with Crippen LogP contribution in [0.1, 0.15) is 18.4 Å². The Bertz CT molecular complexity index is 1130. The van der Waals surface area contributed by atoms with E-state index in [2.05, 4.69) is 30.1 Å². The van der Waals surface area contributed by atoms with Crippen LogP contribution in [0.2, 0.25) is 0 Å². The number of hydrogen-bond donors (Lipinski definition) is 2. The molecule has 1 aliphatic rings. The Kier molecular flexibility index (Phi) is 7.75. The minimum atomic E-state index is -0.242. The Balaban J connectivity index is 1.38. The number of thioether (sulfide) groups is 1. The van der Waals surface area contributed by atoms with Crippen LogP contribution in [-0.4, -0.2) is 63.1 Å². The molecular formula is C23H27FN8S. The SMILES string of the molecule is CSC(=NCCN1CCC(Nc2nc3cccnc3n2Cc2ccc(F)cc2)CC1)NC#N. The first-order valence-electron chi connectivity index (χ1n) is 10.9. The van der Waals surface area contributed by atoms with Gasteiger partial charge in [0.25, 0.3) is 0 Å². The number of hydrogen-bond acceptors (Lipinski definition) is 7. The number of anilines is 1. The van der Waals surface area contributed by atoms with Gasteiger partial charge in [-0.2, -0.15) is 5.26 Å². The Hall–Kier alpha value is -3.16. The van der Waals surface area contributed by atoms with Crippen LogP contribution in [0.25, 0.3) is 11.2 Å². The smallest absolute Gasteiger partial charge is 0.205 e. The molecule has 33 heavy (non-hydrogen) atoms. The van der Waals surface area contributed by atoms with E-state index in [1.165, 1.54) is 23.9 Å². The molecule has 10 heteroatoms. The average Bonchev–Trinajstić information content (AvgIpc) is 3.18. The second-order valence-corrected chi connectivity index (χ2v) is 8.68. The monoisotopic (exact) mass is 466 g/mol. The number of piperidine rings is 1. The second-order valence-electron chi connectivity index (χ2n) is 7.88. The topological polar surface area (TPSA) is 94.2 Å². The summed E-state index contributed by atoms with van der Waals surface area (Å²) in [5.74, 6) is 0.553. The number of imidazole rings is 1. The summed E-state index contributed by atoms with van der Waals surface area (Å²) >= 11 is 1.44. The molecule has 1 fully saturated rings. The Labute approximate surface area is 196 Å². The van der Waals surface area contributed by atoms with E-state index in [1.807, 2.05) is 24.6 Å². The summed E-state index contributed by atoms with van der Waals surface area (Å²) in [7, 11) is 0. The van der Waals surface area contributed by atoms with E-state index in [4.69, 9.17) is 10.2 Å². The van der Waals surface area contributed by atoms with Crippen molar-refractivity contribution < 1.29 is 4.39 Å². The van der Waals surface area contributed by atoms with Gasteiger partial charge in [-0.25, -0.2) is 14.4 Å². The molecule has 1 aliphatic heterocycles. The Morgan fingerprint density at radius 2 is 2.06 bits per heavy atom. The molecule has 2 N–H and O–H groups in total. The molecule has 0 atom stereocenters. The van der Waals surface area contributed by atoms with Crippen LogP contribution in [0.15, 0.2) is 47.6 Å². The van der Waals surface area contributed by atoms with Gasteiger partial charge in [-0.1, -0.05) is 23.9 Å². The standard InChI is InChI=1S/C23H27FN8S/c1-33-23(28-16-25)27-11-14-31-12-8-19(9-13-31)29-22-30-20-3-2-10-26-21(20)32(22)15-17-4-6-18(24)7-5-17/h2-7,10,19H,8-9,11-15H2,1H3,(H,27,28)(H,29,30). The van der Waals surface area contributed by atoms with Gasteiger partial charge in [0.2, 0.25) is 5.95 Å². The molecule has 172 valence electrons. The van der Waals surface area contributed by atoms with E-state index in [9.17, 15) is 4.39 Å². The van der Waals surface area contributed by atoms with Crippen molar-refractivity contribution >= 4 is 34.0 Å². The number of nitriles is 1. The van der Waals surface area contributed by atoms with Crippen molar-refractivity contribution in [2.45, 2.75) is 25.4 Å². The van der Waals surface area contributed by atoms with Crippen LogP contribution in [0.3, 0.4) is 0 Å².